The van der Waals surface area contributed by atoms with Gasteiger partial charge < -0.3 is 4.42 Å². The minimum absolute atomic E-state index is 0.225. The summed E-state index contributed by atoms with van der Waals surface area (Å²) >= 11 is 6.03. The normalized spacial score (nSPS) is 12.7. The molecule has 0 amide bonds. The SMILES string of the molecule is C=c1oc2ccc(Cl)cc2/c1=C/N(C)S(=O)(=O)c1ccc(C)cc1. The lowest BCUT2D eigenvalue weighted by Crippen LogP contribution is -2.28. The van der Waals surface area contributed by atoms with Gasteiger partial charge in [-0.3, -0.25) is 4.31 Å². The molecule has 0 aliphatic heterocycles. The summed E-state index contributed by atoms with van der Waals surface area (Å²) in [4.78, 5) is 0.225. The van der Waals surface area contributed by atoms with Gasteiger partial charge >= 0.3 is 0 Å². The van der Waals surface area contributed by atoms with E-state index in [-0.39, 0.29) is 4.90 Å². The molecule has 124 valence electrons. The minimum atomic E-state index is -3.65. The molecule has 0 bridgehead atoms. The number of rotatable bonds is 3. The average molecular weight is 362 g/mol. The molecule has 1 heterocycles. The van der Waals surface area contributed by atoms with E-state index in [1.807, 2.05) is 6.92 Å². The Hall–Kier alpha value is -2.24. The molecule has 3 aromatic rings. The van der Waals surface area contributed by atoms with Gasteiger partial charge in [0.2, 0.25) is 0 Å². The van der Waals surface area contributed by atoms with Crippen LogP contribution < -0.4 is 10.6 Å². The van der Waals surface area contributed by atoms with Crippen molar-refractivity contribution in [3.05, 3.63) is 63.7 Å². The fourth-order valence-corrected chi connectivity index (χ4v) is 3.64. The molecule has 3 rings (SSSR count). The minimum Gasteiger partial charge on any atom is -0.457 e. The highest BCUT2D eigenvalue weighted by Gasteiger charge is 2.18. The summed E-state index contributed by atoms with van der Waals surface area (Å²) in [6.07, 6.45) is 1.50. The molecule has 0 radical (unpaired) electrons. The van der Waals surface area contributed by atoms with Gasteiger partial charge in [-0.15, -0.1) is 0 Å². The lowest BCUT2D eigenvalue weighted by Gasteiger charge is -2.14. The predicted octanol–water partition coefficient (Wildman–Crippen LogP) is 2.86. The van der Waals surface area contributed by atoms with Gasteiger partial charge in [0.05, 0.1) is 4.90 Å². The number of hydrogen-bond acceptors (Lipinski definition) is 3. The second kappa shape index (κ2) is 6.00. The summed E-state index contributed by atoms with van der Waals surface area (Å²) in [5.74, 6) is 0. The van der Waals surface area contributed by atoms with Crippen LogP contribution in [0.5, 0.6) is 0 Å². The van der Waals surface area contributed by atoms with Crippen LogP contribution in [-0.2, 0) is 10.0 Å². The first-order valence-electron chi connectivity index (χ1n) is 7.22. The van der Waals surface area contributed by atoms with Crippen molar-refractivity contribution in [3.8, 4) is 0 Å². The van der Waals surface area contributed by atoms with Crippen LogP contribution in [0.2, 0.25) is 5.02 Å². The number of halogens is 1. The van der Waals surface area contributed by atoms with Crippen LogP contribution in [-0.4, -0.2) is 19.8 Å². The lowest BCUT2D eigenvalue weighted by molar-refractivity contribution is 0.549. The Morgan fingerprint density at radius 1 is 1.17 bits per heavy atom. The topological polar surface area (TPSA) is 50.5 Å². The van der Waals surface area contributed by atoms with Gasteiger partial charge in [0.1, 0.15) is 11.0 Å². The molecular weight excluding hydrogens is 346 g/mol. The zero-order valence-corrected chi connectivity index (χ0v) is 14.9. The third-order valence-electron chi connectivity index (χ3n) is 3.77. The fourth-order valence-electron chi connectivity index (χ4n) is 2.41. The first kappa shape index (κ1) is 16.6. The van der Waals surface area contributed by atoms with E-state index in [1.165, 1.54) is 13.2 Å². The zero-order chi connectivity index (χ0) is 17.5. The maximum Gasteiger partial charge on any atom is 0.263 e. The van der Waals surface area contributed by atoms with Gasteiger partial charge in [-0.25, -0.2) is 8.42 Å². The standard InChI is InChI=1S/C18H16ClNO3S/c1-12-4-7-15(8-5-12)24(21,22)20(3)11-17-13(2)23-18-9-6-14(19)10-16(17)18/h4-11H,2H2,1,3H3/b17-11+. The molecule has 6 heteroatoms. The Morgan fingerprint density at radius 2 is 1.83 bits per heavy atom. The largest absolute Gasteiger partial charge is 0.457 e. The summed E-state index contributed by atoms with van der Waals surface area (Å²) in [6.45, 7) is 5.75. The number of hydrogen-bond donors (Lipinski definition) is 0. The van der Waals surface area contributed by atoms with Crippen LogP contribution in [0.25, 0.3) is 23.7 Å². The molecular formula is C18H16ClNO3S. The van der Waals surface area contributed by atoms with Crippen molar-refractivity contribution in [3.63, 3.8) is 0 Å². The Balaban J connectivity index is 2.14. The molecule has 0 saturated carbocycles. The first-order chi connectivity index (χ1) is 11.3. The van der Waals surface area contributed by atoms with Crippen molar-refractivity contribution in [1.29, 1.82) is 0 Å². The van der Waals surface area contributed by atoms with Crippen LogP contribution in [0.15, 0.2) is 51.8 Å². The second-order valence-electron chi connectivity index (χ2n) is 5.54. The molecule has 2 aromatic carbocycles. The van der Waals surface area contributed by atoms with E-state index in [1.54, 1.807) is 42.5 Å². The quantitative estimate of drug-likeness (QED) is 0.720. The molecule has 1 aromatic heterocycles. The highest BCUT2D eigenvalue weighted by molar-refractivity contribution is 7.89. The van der Waals surface area contributed by atoms with Crippen molar-refractivity contribution in [2.75, 3.05) is 7.05 Å². The van der Waals surface area contributed by atoms with Crippen LogP contribution in [0, 0.1) is 6.92 Å². The summed E-state index contributed by atoms with van der Waals surface area (Å²) in [6, 6.07) is 11.9. The molecule has 0 aliphatic rings. The third kappa shape index (κ3) is 2.92. The van der Waals surface area contributed by atoms with Crippen LogP contribution in [0.3, 0.4) is 0 Å². The Morgan fingerprint density at radius 3 is 2.50 bits per heavy atom. The summed E-state index contributed by atoms with van der Waals surface area (Å²) in [7, 11) is -2.17. The summed E-state index contributed by atoms with van der Waals surface area (Å²) in [5, 5.41) is 1.85. The van der Waals surface area contributed by atoms with Crippen molar-refractivity contribution >= 4 is 45.4 Å². The number of furan rings is 1. The van der Waals surface area contributed by atoms with Gasteiger partial charge in [-0.1, -0.05) is 35.9 Å². The maximum absolute atomic E-state index is 12.7. The first-order valence-corrected chi connectivity index (χ1v) is 9.04. The molecule has 0 fully saturated rings. The van der Waals surface area contributed by atoms with Crippen molar-refractivity contribution in [1.82, 2.24) is 4.31 Å². The van der Waals surface area contributed by atoms with Crippen molar-refractivity contribution < 1.29 is 12.8 Å². The molecule has 0 unspecified atom stereocenters. The van der Waals surface area contributed by atoms with Crippen molar-refractivity contribution in [2.24, 2.45) is 0 Å². The van der Waals surface area contributed by atoms with Gasteiger partial charge in [-0.05, 0) is 37.3 Å². The predicted molar refractivity (Wildman–Crippen MR) is 96.6 cm³/mol. The van der Waals surface area contributed by atoms with Gasteiger partial charge in [0, 0.05) is 28.9 Å². The summed E-state index contributed by atoms with van der Waals surface area (Å²) in [5.41, 5.74) is 1.99. The lowest BCUT2D eigenvalue weighted by atomic mass is 10.2. The number of sulfonamides is 1. The Labute approximate surface area is 145 Å². The highest BCUT2D eigenvalue weighted by atomic mass is 35.5. The highest BCUT2D eigenvalue weighted by Crippen LogP contribution is 2.17. The van der Waals surface area contributed by atoms with E-state index in [9.17, 15) is 8.42 Å². The van der Waals surface area contributed by atoms with E-state index in [0.717, 1.165) is 15.3 Å². The van der Waals surface area contributed by atoms with E-state index in [0.29, 0.717) is 21.2 Å². The van der Waals surface area contributed by atoms with Gasteiger partial charge in [0.25, 0.3) is 10.0 Å². The zero-order valence-electron chi connectivity index (χ0n) is 13.3. The number of nitrogens with zero attached hydrogens (tertiary/aromatic N) is 1. The Kier molecular flexibility index (Phi) is 4.15. The fraction of sp³-hybridized carbons (Fsp3) is 0.111. The van der Waals surface area contributed by atoms with Crippen LogP contribution >= 0.6 is 11.6 Å². The molecule has 0 saturated heterocycles. The van der Waals surface area contributed by atoms with Gasteiger partial charge in [-0.2, -0.15) is 0 Å². The molecule has 0 atom stereocenters. The molecule has 0 aliphatic carbocycles. The average Bonchev–Trinajstić information content (AvgIpc) is 2.83. The van der Waals surface area contributed by atoms with E-state index < -0.39 is 10.0 Å². The molecule has 0 spiro atoms. The maximum atomic E-state index is 12.7. The molecule has 0 N–H and O–H groups in total. The second-order valence-corrected chi connectivity index (χ2v) is 7.98. The monoisotopic (exact) mass is 361 g/mol. The van der Waals surface area contributed by atoms with E-state index in [4.69, 9.17) is 16.0 Å². The molecule has 24 heavy (non-hydrogen) atoms. The van der Waals surface area contributed by atoms with Gasteiger partial charge in [0.15, 0.2) is 0 Å². The van der Waals surface area contributed by atoms with E-state index >= 15 is 0 Å². The molecule has 4 nitrogen and oxygen atoms in total. The van der Waals surface area contributed by atoms with Crippen LogP contribution in [0.1, 0.15) is 5.56 Å². The number of fused-ring (bicyclic) bond motifs is 1. The number of benzene rings is 2. The summed E-state index contributed by atoms with van der Waals surface area (Å²) < 4.78 is 32.1. The van der Waals surface area contributed by atoms with Crippen LogP contribution in [0.4, 0.5) is 0 Å². The Bertz CT molecular complexity index is 1120. The van der Waals surface area contributed by atoms with Crippen molar-refractivity contribution in [2.45, 2.75) is 11.8 Å². The third-order valence-corrected chi connectivity index (χ3v) is 5.74. The van der Waals surface area contributed by atoms with E-state index in [2.05, 4.69) is 6.58 Å². The number of aryl methyl sites for hydroxylation is 1. The smallest absolute Gasteiger partial charge is 0.263 e.